The van der Waals surface area contributed by atoms with E-state index in [9.17, 15) is 10.1 Å². The van der Waals surface area contributed by atoms with Gasteiger partial charge in [-0.15, -0.1) is 6.58 Å². The van der Waals surface area contributed by atoms with Gasteiger partial charge < -0.3 is 10.1 Å². The number of nitro benzene ring substituents is 1. The van der Waals surface area contributed by atoms with Gasteiger partial charge in [0.25, 0.3) is 0 Å². The first-order valence-electron chi connectivity index (χ1n) is 5.80. The van der Waals surface area contributed by atoms with Gasteiger partial charge in [-0.1, -0.05) is 12.1 Å². The fourth-order valence-corrected chi connectivity index (χ4v) is 1.50. The van der Waals surface area contributed by atoms with E-state index in [1.54, 1.807) is 18.2 Å². The summed E-state index contributed by atoms with van der Waals surface area (Å²) in [7, 11) is 0. The summed E-state index contributed by atoms with van der Waals surface area (Å²) >= 11 is 0. The van der Waals surface area contributed by atoms with Gasteiger partial charge in [0, 0.05) is 6.54 Å². The first-order chi connectivity index (χ1) is 9.20. The fourth-order valence-electron chi connectivity index (χ4n) is 1.50. The predicted molar refractivity (Wildman–Crippen MR) is 71.9 cm³/mol. The van der Waals surface area contributed by atoms with Gasteiger partial charge in [0.15, 0.2) is 0 Å². The highest BCUT2D eigenvalue weighted by Gasteiger charge is 2.18. The number of ether oxygens (including phenoxy) is 1. The number of para-hydroxylation sites is 1. The summed E-state index contributed by atoms with van der Waals surface area (Å²) in [6.07, 6.45) is 2.53. The molecule has 19 heavy (non-hydrogen) atoms. The maximum Gasteiger partial charge on any atom is 0.309 e. The maximum absolute atomic E-state index is 10.9. The Balaban J connectivity index is 2.61. The van der Waals surface area contributed by atoms with Crippen LogP contribution in [0.2, 0.25) is 0 Å². The number of nitrogens with one attached hydrogen (secondary N) is 1. The number of anilines is 1. The van der Waals surface area contributed by atoms with E-state index in [2.05, 4.69) is 11.9 Å². The standard InChI is InChI=1S/C13H15N3O3/c1-2-3-8-19-9-7-15-12-6-4-5-11(10-14)13(12)16(17)18/h2,4-6,15H,1,3,7-9H2. The van der Waals surface area contributed by atoms with Crippen molar-refractivity contribution in [3.63, 3.8) is 0 Å². The van der Waals surface area contributed by atoms with E-state index in [-0.39, 0.29) is 11.3 Å². The average Bonchev–Trinajstić information content (AvgIpc) is 2.42. The number of nitrogens with zero attached hydrogens (tertiary/aromatic N) is 2. The molecule has 0 bridgehead atoms. The van der Waals surface area contributed by atoms with Crippen LogP contribution in [0.3, 0.4) is 0 Å². The van der Waals surface area contributed by atoms with Gasteiger partial charge in [-0.3, -0.25) is 10.1 Å². The van der Waals surface area contributed by atoms with Gasteiger partial charge >= 0.3 is 5.69 Å². The molecule has 1 N–H and O–H groups in total. The second-order valence-electron chi connectivity index (χ2n) is 3.69. The van der Waals surface area contributed by atoms with Crippen LogP contribution >= 0.6 is 0 Å². The molecule has 0 radical (unpaired) electrons. The molecular weight excluding hydrogens is 246 g/mol. The lowest BCUT2D eigenvalue weighted by Crippen LogP contribution is -2.11. The summed E-state index contributed by atoms with van der Waals surface area (Å²) in [5, 5.41) is 22.7. The van der Waals surface area contributed by atoms with E-state index >= 15 is 0 Å². The SMILES string of the molecule is C=CCCOCCNc1cccc(C#N)c1[N+](=O)[O-]. The lowest BCUT2D eigenvalue weighted by atomic mass is 10.1. The van der Waals surface area contributed by atoms with Crippen molar-refractivity contribution in [2.45, 2.75) is 6.42 Å². The third kappa shape index (κ3) is 4.41. The molecule has 0 saturated heterocycles. The predicted octanol–water partition coefficient (Wildman–Crippen LogP) is 2.47. The van der Waals surface area contributed by atoms with Gasteiger partial charge in [-0.25, -0.2) is 0 Å². The number of hydrogen-bond acceptors (Lipinski definition) is 5. The van der Waals surface area contributed by atoms with Crippen molar-refractivity contribution >= 4 is 11.4 Å². The van der Waals surface area contributed by atoms with E-state index in [1.165, 1.54) is 6.07 Å². The minimum absolute atomic E-state index is 0.0441. The van der Waals surface area contributed by atoms with Gasteiger partial charge in [0.2, 0.25) is 0 Å². The Kier molecular flexibility index (Phi) is 6.06. The first kappa shape index (κ1) is 14.7. The average molecular weight is 261 g/mol. The molecule has 0 aliphatic heterocycles. The molecule has 0 fully saturated rings. The third-order valence-electron chi connectivity index (χ3n) is 2.37. The Hall–Kier alpha value is -2.39. The molecule has 0 aliphatic rings. The maximum atomic E-state index is 10.9. The monoisotopic (exact) mass is 261 g/mol. The molecule has 0 aromatic heterocycles. The van der Waals surface area contributed by atoms with Crippen LogP contribution in [0.4, 0.5) is 11.4 Å². The van der Waals surface area contributed by atoms with Crippen molar-refractivity contribution in [1.29, 1.82) is 5.26 Å². The molecule has 0 aliphatic carbocycles. The van der Waals surface area contributed by atoms with E-state index < -0.39 is 4.92 Å². The molecule has 0 spiro atoms. The Morgan fingerprint density at radius 3 is 2.95 bits per heavy atom. The Labute approximate surface area is 111 Å². The number of benzene rings is 1. The second kappa shape index (κ2) is 7.84. The summed E-state index contributed by atoms with van der Waals surface area (Å²) in [4.78, 5) is 10.4. The Morgan fingerprint density at radius 2 is 2.32 bits per heavy atom. The molecular formula is C13H15N3O3. The topological polar surface area (TPSA) is 88.2 Å². The van der Waals surface area contributed by atoms with Crippen LogP contribution in [-0.2, 0) is 4.74 Å². The van der Waals surface area contributed by atoms with Crippen LogP contribution in [-0.4, -0.2) is 24.7 Å². The van der Waals surface area contributed by atoms with Crippen LogP contribution in [0.5, 0.6) is 0 Å². The molecule has 0 unspecified atom stereocenters. The van der Waals surface area contributed by atoms with Crippen molar-refractivity contribution in [1.82, 2.24) is 0 Å². The van der Waals surface area contributed by atoms with Crippen molar-refractivity contribution < 1.29 is 9.66 Å². The highest BCUT2D eigenvalue weighted by Crippen LogP contribution is 2.27. The molecule has 6 nitrogen and oxygen atoms in total. The zero-order chi connectivity index (χ0) is 14.1. The molecule has 0 saturated carbocycles. The summed E-state index contributed by atoms with van der Waals surface area (Å²) < 4.78 is 5.28. The second-order valence-corrected chi connectivity index (χ2v) is 3.69. The lowest BCUT2D eigenvalue weighted by Gasteiger charge is -2.08. The Bertz CT molecular complexity index is 494. The fraction of sp³-hybridized carbons (Fsp3) is 0.308. The van der Waals surface area contributed by atoms with Crippen LogP contribution in [0.25, 0.3) is 0 Å². The normalized spacial score (nSPS) is 9.63. The van der Waals surface area contributed by atoms with Gasteiger partial charge in [0.1, 0.15) is 17.3 Å². The molecule has 0 amide bonds. The summed E-state index contributed by atoms with van der Waals surface area (Å²) in [6.45, 7) is 5.02. The number of hydrogen-bond donors (Lipinski definition) is 1. The summed E-state index contributed by atoms with van der Waals surface area (Å²) in [6, 6.07) is 6.41. The molecule has 1 aromatic carbocycles. The molecule has 0 atom stereocenters. The largest absolute Gasteiger partial charge is 0.379 e. The molecule has 0 heterocycles. The highest BCUT2D eigenvalue weighted by molar-refractivity contribution is 5.68. The van der Waals surface area contributed by atoms with E-state index in [1.807, 2.05) is 6.07 Å². The highest BCUT2D eigenvalue weighted by atomic mass is 16.6. The smallest absolute Gasteiger partial charge is 0.309 e. The van der Waals surface area contributed by atoms with Crippen LogP contribution in [0.1, 0.15) is 12.0 Å². The molecule has 6 heteroatoms. The molecule has 100 valence electrons. The van der Waals surface area contributed by atoms with Crippen LogP contribution in [0.15, 0.2) is 30.9 Å². The van der Waals surface area contributed by atoms with Crippen LogP contribution < -0.4 is 5.32 Å². The number of nitriles is 1. The minimum atomic E-state index is -0.556. The van der Waals surface area contributed by atoms with Crippen molar-refractivity contribution in [3.8, 4) is 6.07 Å². The summed E-state index contributed by atoms with van der Waals surface area (Å²) in [5.41, 5.74) is 0.176. The van der Waals surface area contributed by atoms with Crippen molar-refractivity contribution in [2.24, 2.45) is 0 Å². The van der Waals surface area contributed by atoms with Gasteiger partial charge in [-0.2, -0.15) is 5.26 Å². The van der Waals surface area contributed by atoms with Crippen molar-refractivity contribution in [2.75, 3.05) is 25.1 Å². The van der Waals surface area contributed by atoms with Gasteiger partial charge in [-0.05, 0) is 18.6 Å². The molecule has 1 rings (SSSR count). The van der Waals surface area contributed by atoms with E-state index in [0.717, 1.165) is 6.42 Å². The first-order valence-corrected chi connectivity index (χ1v) is 5.80. The van der Waals surface area contributed by atoms with E-state index in [4.69, 9.17) is 10.00 Å². The number of rotatable bonds is 8. The molecule has 1 aromatic rings. The third-order valence-corrected chi connectivity index (χ3v) is 2.37. The zero-order valence-corrected chi connectivity index (χ0v) is 10.5. The number of nitro groups is 1. The quantitative estimate of drug-likeness (QED) is 0.336. The van der Waals surface area contributed by atoms with Crippen LogP contribution in [0, 0.1) is 21.4 Å². The zero-order valence-electron chi connectivity index (χ0n) is 10.5. The summed E-state index contributed by atoms with van der Waals surface area (Å²) in [5.74, 6) is 0. The van der Waals surface area contributed by atoms with Gasteiger partial charge in [0.05, 0.1) is 18.1 Å². The van der Waals surface area contributed by atoms with E-state index in [0.29, 0.717) is 25.4 Å². The lowest BCUT2D eigenvalue weighted by molar-refractivity contribution is -0.384. The Morgan fingerprint density at radius 1 is 1.53 bits per heavy atom. The van der Waals surface area contributed by atoms with Crippen molar-refractivity contribution in [3.05, 3.63) is 46.5 Å². The minimum Gasteiger partial charge on any atom is -0.379 e.